The fourth-order valence-corrected chi connectivity index (χ4v) is 5.06. The minimum atomic E-state index is -3.51. The molecule has 0 radical (unpaired) electrons. The molecule has 3 rings (SSSR count). The summed E-state index contributed by atoms with van der Waals surface area (Å²) in [5, 5.41) is 0. The second-order valence-corrected chi connectivity index (χ2v) is 9.22. The Morgan fingerprint density at radius 1 is 1.04 bits per heavy atom. The van der Waals surface area contributed by atoms with Crippen LogP contribution < -0.4 is 14.4 Å². The number of nitrogens with zero attached hydrogens (tertiary/aromatic N) is 1. The van der Waals surface area contributed by atoms with Gasteiger partial charge in [-0.1, -0.05) is 12.1 Å². The van der Waals surface area contributed by atoms with E-state index in [1.165, 1.54) is 24.1 Å². The van der Waals surface area contributed by atoms with Crippen molar-refractivity contribution in [1.29, 1.82) is 0 Å². The van der Waals surface area contributed by atoms with Crippen LogP contribution in [0.4, 0.5) is 5.69 Å². The molecular formula is C22H30N2O3S. The Morgan fingerprint density at radius 2 is 1.64 bits per heavy atom. The number of sulfonamides is 1. The molecule has 0 bridgehead atoms. The molecule has 0 aliphatic carbocycles. The summed E-state index contributed by atoms with van der Waals surface area (Å²) in [5.41, 5.74) is 4.16. The van der Waals surface area contributed by atoms with Gasteiger partial charge in [-0.3, -0.25) is 0 Å². The number of rotatable bonds is 8. The predicted octanol–water partition coefficient (Wildman–Crippen LogP) is 3.82. The van der Waals surface area contributed by atoms with Crippen LogP contribution in [0.15, 0.2) is 41.3 Å². The second-order valence-electron chi connectivity index (χ2n) is 7.45. The van der Waals surface area contributed by atoms with Crippen molar-refractivity contribution in [3.05, 3.63) is 53.1 Å². The minimum Gasteiger partial charge on any atom is -0.496 e. The Bertz CT molecular complexity index is 879. The van der Waals surface area contributed by atoms with E-state index in [0.29, 0.717) is 11.4 Å². The highest BCUT2D eigenvalue weighted by atomic mass is 32.2. The summed E-state index contributed by atoms with van der Waals surface area (Å²) in [6, 6.07) is 12.0. The summed E-state index contributed by atoms with van der Waals surface area (Å²) in [6.45, 7) is 6.42. The maximum atomic E-state index is 12.6. The van der Waals surface area contributed by atoms with E-state index >= 15 is 0 Å². The predicted molar refractivity (Wildman–Crippen MR) is 114 cm³/mol. The molecule has 1 aliphatic rings. The number of benzene rings is 2. The van der Waals surface area contributed by atoms with Gasteiger partial charge in [0.15, 0.2) is 0 Å². The lowest BCUT2D eigenvalue weighted by Gasteiger charge is -2.17. The Morgan fingerprint density at radius 3 is 2.21 bits per heavy atom. The van der Waals surface area contributed by atoms with Crippen molar-refractivity contribution in [3.8, 4) is 5.75 Å². The van der Waals surface area contributed by atoms with Gasteiger partial charge in [0.05, 0.1) is 12.0 Å². The van der Waals surface area contributed by atoms with Crippen molar-refractivity contribution < 1.29 is 13.2 Å². The lowest BCUT2D eigenvalue weighted by atomic mass is 10.1. The maximum Gasteiger partial charge on any atom is 0.240 e. The number of aryl methyl sites for hydroxylation is 3. The first kappa shape index (κ1) is 20.7. The Hall–Kier alpha value is -2.05. The molecule has 6 heteroatoms. The molecule has 0 atom stereocenters. The molecule has 152 valence electrons. The summed E-state index contributed by atoms with van der Waals surface area (Å²) in [4.78, 5) is 2.70. The standard InChI is InChI=1S/C22H30N2O3S/c1-17-15-21(16-18(2)22(17)27-3)28(25,26)23-12-6-7-19-8-10-20(11-9-19)24-13-4-5-14-24/h8-11,15-16,23H,4-7,12-14H2,1-3H3. The highest BCUT2D eigenvalue weighted by molar-refractivity contribution is 7.89. The third-order valence-corrected chi connectivity index (χ3v) is 6.73. The number of hydrogen-bond acceptors (Lipinski definition) is 4. The van der Waals surface area contributed by atoms with Crippen molar-refractivity contribution >= 4 is 15.7 Å². The van der Waals surface area contributed by atoms with Gasteiger partial charge in [0, 0.05) is 25.3 Å². The molecule has 28 heavy (non-hydrogen) atoms. The Balaban J connectivity index is 1.53. The quantitative estimate of drug-likeness (QED) is 0.682. The highest BCUT2D eigenvalue weighted by Gasteiger charge is 2.17. The molecule has 0 unspecified atom stereocenters. The molecular weight excluding hydrogens is 372 g/mol. The van der Waals surface area contributed by atoms with Gasteiger partial charge in [-0.25, -0.2) is 13.1 Å². The number of nitrogens with one attached hydrogen (secondary N) is 1. The Kier molecular flexibility index (Phi) is 6.62. The normalized spacial score (nSPS) is 14.5. The average molecular weight is 403 g/mol. The molecule has 2 aromatic rings. The zero-order valence-corrected chi connectivity index (χ0v) is 17.8. The van der Waals surface area contributed by atoms with Crippen LogP contribution in [0.1, 0.15) is 36.0 Å². The van der Waals surface area contributed by atoms with Crippen molar-refractivity contribution in [1.82, 2.24) is 4.72 Å². The fourth-order valence-electron chi connectivity index (χ4n) is 3.82. The smallest absolute Gasteiger partial charge is 0.240 e. The zero-order valence-electron chi connectivity index (χ0n) is 17.0. The van der Waals surface area contributed by atoms with Crippen LogP contribution in [0.3, 0.4) is 0 Å². The number of ether oxygens (including phenoxy) is 1. The van der Waals surface area contributed by atoms with E-state index in [4.69, 9.17) is 4.74 Å². The molecule has 2 aromatic carbocycles. The van der Waals surface area contributed by atoms with Gasteiger partial charge in [0.2, 0.25) is 10.0 Å². The van der Waals surface area contributed by atoms with E-state index in [0.717, 1.165) is 42.8 Å². The third kappa shape index (κ3) is 4.86. The maximum absolute atomic E-state index is 12.6. The van der Waals surface area contributed by atoms with Crippen molar-refractivity contribution in [2.45, 2.75) is 44.4 Å². The minimum absolute atomic E-state index is 0.290. The van der Waals surface area contributed by atoms with Crippen molar-refractivity contribution in [2.75, 3.05) is 31.6 Å². The lowest BCUT2D eigenvalue weighted by Crippen LogP contribution is -2.25. The van der Waals surface area contributed by atoms with Gasteiger partial charge in [0.25, 0.3) is 0 Å². The van der Waals surface area contributed by atoms with Crippen molar-refractivity contribution in [3.63, 3.8) is 0 Å². The lowest BCUT2D eigenvalue weighted by molar-refractivity contribution is 0.408. The molecule has 1 aliphatic heterocycles. The first-order valence-corrected chi connectivity index (χ1v) is 11.4. The number of methoxy groups -OCH3 is 1. The summed E-state index contributed by atoms with van der Waals surface area (Å²) >= 11 is 0. The Labute approximate surface area is 168 Å². The second kappa shape index (κ2) is 8.97. The van der Waals surface area contributed by atoms with Crippen LogP contribution in [0.5, 0.6) is 5.75 Å². The van der Waals surface area contributed by atoms with E-state index in [9.17, 15) is 8.42 Å². The van der Waals surface area contributed by atoms with E-state index in [-0.39, 0.29) is 0 Å². The first-order valence-electron chi connectivity index (χ1n) is 9.89. The molecule has 0 aromatic heterocycles. The number of hydrogen-bond donors (Lipinski definition) is 1. The summed E-state index contributed by atoms with van der Waals surface area (Å²) in [7, 11) is -1.92. The van der Waals surface area contributed by atoms with E-state index < -0.39 is 10.0 Å². The third-order valence-electron chi connectivity index (χ3n) is 5.29. The monoisotopic (exact) mass is 402 g/mol. The molecule has 5 nitrogen and oxygen atoms in total. The van der Waals surface area contributed by atoms with E-state index in [2.05, 4.69) is 33.9 Å². The van der Waals surface area contributed by atoms with Gasteiger partial charge in [-0.05, 0) is 80.5 Å². The molecule has 1 fully saturated rings. The zero-order chi connectivity index (χ0) is 20.1. The number of anilines is 1. The molecule has 1 heterocycles. The highest BCUT2D eigenvalue weighted by Crippen LogP contribution is 2.26. The fraction of sp³-hybridized carbons (Fsp3) is 0.455. The van der Waals surface area contributed by atoms with Crippen LogP contribution in [-0.4, -0.2) is 35.2 Å². The van der Waals surface area contributed by atoms with Gasteiger partial charge in [-0.2, -0.15) is 0 Å². The first-order chi connectivity index (χ1) is 13.4. The molecule has 0 amide bonds. The van der Waals surface area contributed by atoms with Crippen LogP contribution in [0.25, 0.3) is 0 Å². The molecule has 1 saturated heterocycles. The van der Waals surface area contributed by atoms with Gasteiger partial charge in [-0.15, -0.1) is 0 Å². The van der Waals surface area contributed by atoms with Crippen LogP contribution in [-0.2, 0) is 16.4 Å². The largest absolute Gasteiger partial charge is 0.496 e. The van der Waals surface area contributed by atoms with Crippen LogP contribution in [0, 0.1) is 13.8 Å². The van der Waals surface area contributed by atoms with Crippen molar-refractivity contribution in [2.24, 2.45) is 0 Å². The summed E-state index contributed by atoms with van der Waals surface area (Å²) in [6.07, 6.45) is 4.16. The van der Waals surface area contributed by atoms with Gasteiger partial charge >= 0.3 is 0 Å². The van der Waals surface area contributed by atoms with Crippen LogP contribution >= 0.6 is 0 Å². The summed E-state index contributed by atoms with van der Waals surface area (Å²) in [5.74, 6) is 0.733. The topological polar surface area (TPSA) is 58.6 Å². The van der Waals surface area contributed by atoms with Gasteiger partial charge in [0.1, 0.15) is 5.75 Å². The van der Waals surface area contributed by atoms with Gasteiger partial charge < -0.3 is 9.64 Å². The van der Waals surface area contributed by atoms with E-state index in [1.54, 1.807) is 19.2 Å². The molecule has 0 spiro atoms. The average Bonchev–Trinajstić information content (AvgIpc) is 3.20. The molecule has 1 N–H and O–H groups in total. The summed E-state index contributed by atoms with van der Waals surface area (Å²) < 4.78 is 33.2. The van der Waals surface area contributed by atoms with Crippen LogP contribution in [0.2, 0.25) is 0 Å². The molecule has 0 saturated carbocycles. The van der Waals surface area contributed by atoms with E-state index in [1.807, 2.05) is 13.8 Å². The SMILES string of the molecule is COc1c(C)cc(S(=O)(=O)NCCCc2ccc(N3CCCC3)cc2)cc1C.